The lowest BCUT2D eigenvalue weighted by Crippen LogP contribution is -2.53. The van der Waals surface area contributed by atoms with E-state index in [1.54, 1.807) is 0 Å². The maximum atomic E-state index is 5.48. The van der Waals surface area contributed by atoms with Crippen molar-refractivity contribution < 1.29 is 4.74 Å². The minimum atomic E-state index is 0.0508. The Kier molecular flexibility index (Phi) is 8.60. The van der Waals surface area contributed by atoms with Crippen molar-refractivity contribution in [3.8, 4) is 0 Å². The van der Waals surface area contributed by atoms with Crippen molar-refractivity contribution in [3.05, 3.63) is 0 Å². The van der Waals surface area contributed by atoms with E-state index in [1.807, 2.05) is 0 Å². The molecule has 0 amide bonds. The zero-order valence-corrected chi connectivity index (χ0v) is 17.6. The third kappa shape index (κ3) is 6.68. The molecule has 1 atom stereocenters. The van der Waals surface area contributed by atoms with Gasteiger partial charge in [0.15, 0.2) is 5.96 Å². The van der Waals surface area contributed by atoms with E-state index in [4.69, 9.17) is 9.73 Å². The first-order chi connectivity index (χ1) is 12.4. The fraction of sp³-hybridized carbons (Fsp3) is 0.947. The maximum Gasteiger partial charge on any atom is 0.191 e. The van der Waals surface area contributed by atoms with Gasteiger partial charge >= 0.3 is 0 Å². The fourth-order valence-electron chi connectivity index (χ4n) is 3.52. The average molecular weight is 369 g/mol. The molecule has 2 aliphatic heterocycles. The molecule has 7 heteroatoms. The van der Waals surface area contributed by atoms with E-state index in [9.17, 15) is 0 Å². The lowest BCUT2D eigenvalue weighted by molar-refractivity contribution is -0.00684. The van der Waals surface area contributed by atoms with Gasteiger partial charge in [-0.3, -0.25) is 14.8 Å². The molecule has 0 aromatic rings. The second-order valence-electron chi connectivity index (χ2n) is 8.18. The summed E-state index contributed by atoms with van der Waals surface area (Å²) in [7, 11) is 2.20. The monoisotopic (exact) mass is 368 g/mol. The van der Waals surface area contributed by atoms with Gasteiger partial charge in [0.1, 0.15) is 0 Å². The predicted octanol–water partition coefficient (Wildman–Crippen LogP) is 0.288. The Morgan fingerprint density at radius 1 is 1.08 bits per heavy atom. The molecule has 0 spiro atoms. The highest BCUT2D eigenvalue weighted by atomic mass is 16.5. The lowest BCUT2D eigenvalue weighted by atomic mass is 10.0. The summed E-state index contributed by atoms with van der Waals surface area (Å²) in [5, 5.41) is 6.94. The highest BCUT2D eigenvalue weighted by molar-refractivity contribution is 5.79. The zero-order chi connectivity index (χ0) is 19.0. The molecular formula is C19H40N6O. The number of likely N-dealkylation sites (N-methyl/N-ethyl adjacent to an activating group) is 1. The Hall–Kier alpha value is -0.890. The summed E-state index contributed by atoms with van der Waals surface area (Å²) in [6, 6.07) is 0.514. The summed E-state index contributed by atoms with van der Waals surface area (Å²) in [5.41, 5.74) is 0.0508. The molecule has 26 heavy (non-hydrogen) atoms. The molecule has 0 aromatic carbocycles. The molecule has 1 unspecified atom stereocenters. The van der Waals surface area contributed by atoms with E-state index >= 15 is 0 Å². The minimum Gasteiger partial charge on any atom is -0.379 e. The van der Waals surface area contributed by atoms with Gasteiger partial charge < -0.3 is 20.3 Å². The van der Waals surface area contributed by atoms with Gasteiger partial charge in [0.05, 0.1) is 19.8 Å². The molecule has 0 aromatic heterocycles. The van der Waals surface area contributed by atoms with Gasteiger partial charge in [-0.2, -0.15) is 0 Å². The van der Waals surface area contributed by atoms with Gasteiger partial charge in [-0.15, -0.1) is 0 Å². The number of hydrogen-bond donors (Lipinski definition) is 2. The highest BCUT2D eigenvalue weighted by Gasteiger charge is 2.28. The van der Waals surface area contributed by atoms with Crippen LogP contribution in [0.4, 0.5) is 0 Å². The van der Waals surface area contributed by atoms with Crippen LogP contribution in [0.2, 0.25) is 0 Å². The molecule has 7 nitrogen and oxygen atoms in total. The van der Waals surface area contributed by atoms with Gasteiger partial charge in [0.2, 0.25) is 0 Å². The van der Waals surface area contributed by atoms with E-state index in [0.29, 0.717) is 6.04 Å². The zero-order valence-electron chi connectivity index (χ0n) is 17.6. The van der Waals surface area contributed by atoms with Crippen LogP contribution in [0.15, 0.2) is 4.99 Å². The molecular weight excluding hydrogens is 328 g/mol. The van der Waals surface area contributed by atoms with E-state index in [0.717, 1.165) is 78.1 Å². The van der Waals surface area contributed by atoms with Gasteiger partial charge in [0, 0.05) is 63.9 Å². The molecule has 152 valence electrons. The largest absolute Gasteiger partial charge is 0.379 e. The second-order valence-corrected chi connectivity index (χ2v) is 8.18. The van der Waals surface area contributed by atoms with Gasteiger partial charge in [0.25, 0.3) is 0 Å². The number of rotatable bonds is 7. The first-order valence-electron chi connectivity index (χ1n) is 10.2. The number of nitrogens with one attached hydrogen (secondary N) is 2. The molecule has 2 heterocycles. The van der Waals surface area contributed by atoms with Gasteiger partial charge in [-0.25, -0.2) is 0 Å². The lowest BCUT2D eigenvalue weighted by Gasteiger charge is -2.40. The summed E-state index contributed by atoms with van der Waals surface area (Å²) >= 11 is 0. The SMILES string of the molecule is CCNC(=NCC(C)(C)N1CCOCC1)NCC(C)N1CCN(C)CC1. The van der Waals surface area contributed by atoms with Crippen LogP contribution in [0.1, 0.15) is 27.7 Å². The average Bonchev–Trinajstić information content (AvgIpc) is 2.65. The maximum absolute atomic E-state index is 5.48. The van der Waals surface area contributed by atoms with E-state index in [-0.39, 0.29) is 5.54 Å². The molecule has 0 saturated carbocycles. The van der Waals surface area contributed by atoms with Crippen molar-refractivity contribution >= 4 is 5.96 Å². The predicted molar refractivity (Wildman–Crippen MR) is 109 cm³/mol. The van der Waals surface area contributed by atoms with E-state index in [1.165, 1.54) is 0 Å². The fourth-order valence-corrected chi connectivity index (χ4v) is 3.52. The van der Waals surface area contributed by atoms with Crippen molar-refractivity contribution in [2.75, 3.05) is 79.2 Å². The van der Waals surface area contributed by atoms with Crippen molar-refractivity contribution in [1.82, 2.24) is 25.3 Å². The van der Waals surface area contributed by atoms with Crippen molar-refractivity contribution in [2.45, 2.75) is 39.3 Å². The van der Waals surface area contributed by atoms with Crippen LogP contribution in [0.25, 0.3) is 0 Å². The third-order valence-corrected chi connectivity index (χ3v) is 5.56. The molecule has 0 radical (unpaired) electrons. The number of morpholine rings is 1. The van der Waals surface area contributed by atoms with Crippen LogP contribution in [-0.4, -0.2) is 111 Å². The van der Waals surface area contributed by atoms with Crippen LogP contribution in [-0.2, 0) is 4.74 Å². The van der Waals surface area contributed by atoms with E-state index in [2.05, 4.69) is 60.1 Å². The van der Waals surface area contributed by atoms with Gasteiger partial charge in [-0.1, -0.05) is 0 Å². The number of piperazine rings is 1. The third-order valence-electron chi connectivity index (χ3n) is 5.56. The Labute approximate surface area is 160 Å². The Balaban J connectivity index is 1.83. The summed E-state index contributed by atoms with van der Waals surface area (Å²) in [5.74, 6) is 0.926. The Bertz CT molecular complexity index is 428. The second kappa shape index (κ2) is 10.4. The molecule has 2 rings (SSSR count). The molecule has 0 aliphatic carbocycles. The number of ether oxygens (including phenoxy) is 1. The van der Waals surface area contributed by atoms with Crippen LogP contribution >= 0.6 is 0 Å². The summed E-state index contributed by atoms with van der Waals surface area (Å²) in [6.07, 6.45) is 0. The summed E-state index contributed by atoms with van der Waals surface area (Å²) in [6.45, 7) is 19.8. The molecule has 0 bridgehead atoms. The number of aliphatic imine (C=N–C) groups is 1. The van der Waals surface area contributed by atoms with Crippen molar-refractivity contribution in [3.63, 3.8) is 0 Å². The molecule has 2 N–H and O–H groups in total. The first kappa shape index (κ1) is 21.4. The normalized spacial score (nSPS) is 23.0. The number of guanidine groups is 1. The smallest absolute Gasteiger partial charge is 0.191 e. The van der Waals surface area contributed by atoms with Crippen LogP contribution < -0.4 is 10.6 Å². The molecule has 2 aliphatic rings. The minimum absolute atomic E-state index is 0.0508. The Morgan fingerprint density at radius 2 is 1.73 bits per heavy atom. The topological polar surface area (TPSA) is 55.4 Å². The van der Waals surface area contributed by atoms with Crippen LogP contribution in [0.3, 0.4) is 0 Å². The van der Waals surface area contributed by atoms with Crippen molar-refractivity contribution in [1.29, 1.82) is 0 Å². The van der Waals surface area contributed by atoms with Crippen LogP contribution in [0, 0.1) is 0 Å². The molecule has 2 fully saturated rings. The quantitative estimate of drug-likeness (QED) is 0.498. The standard InChI is InChI=1S/C19H40N6O/c1-6-20-18(21-15-17(2)24-9-7-23(5)8-10-24)22-16-19(3,4)25-11-13-26-14-12-25/h17H,6-16H2,1-5H3,(H2,20,21,22). The number of hydrogen-bond acceptors (Lipinski definition) is 5. The highest BCUT2D eigenvalue weighted by Crippen LogP contribution is 2.16. The number of nitrogens with zero attached hydrogens (tertiary/aromatic N) is 4. The first-order valence-corrected chi connectivity index (χ1v) is 10.2. The van der Waals surface area contributed by atoms with Crippen molar-refractivity contribution in [2.24, 2.45) is 4.99 Å². The summed E-state index contributed by atoms with van der Waals surface area (Å²) in [4.78, 5) is 12.3. The summed E-state index contributed by atoms with van der Waals surface area (Å²) < 4.78 is 5.48. The van der Waals surface area contributed by atoms with E-state index < -0.39 is 0 Å². The molecule has 2 saturated heterocycles. The van der Waals surface area contributed by atoms with Crippen LogP contribution in [0.5, 0.6) is 0 Å². The van der Waals surface area contributed by atoms with Gasteiger partial charge in [-0.05, 0) is 34.7 Å². The Morgan fingerprint density at radius 3 is 2.35 bits per heavy atom.